The maximum atomic E-state index is 12.7. The molecule has 0 bridgehead atoms. The van der Waals surface area contributed by atoms with Crippen molar-refractivity contribution in [2.75, 3.05) is 18.4 Å². The van der Waals surface area contributed by atoms with Gasteiger partial charge in [-0.3, -0.25) is 14.3 Å². The molecule has 1 aromatic heterocycles. The van der Waals surface area contributed by atoms with Gasteiger partial charge in [0.05, 0.1) is 11.6 Å². The van der Waals surface area contributed by atoms with Crippen molar-refractivity contribution in [1.29, 1.82) is 0 Å². The van der Waals surface area contributed by atoms with Gasteiger partial charge in [0.2, 0.25) is 11.8 Å². The molecule has 0 spiro atoms. The smallest absolute Gasteiger partial charge is 0.246 e. The zero-order valence-electron chi connectivity index (χ0n) is 17.8. The van der Waals surface area contributed by atoms with Crippen molar-refractivity contribution in [3.63, 3.8) is 0 Å². The maximum absolute atomic E-state index is 12.7. The van der Waals surface area contributed by atoms with Gasteiger partial charge in [-0.15, -0.1) is 0 Å². The Hall–Kier alpha value is -2.60. The van der Waals surface area contributed by atoms with Gasteiger partial charge in [-0.05, 0) is 43.9 Å². The molecule has 0 saturated carbocycles. The first kappa shape index (κ1) is 22.1. The molecule has 1 aromatic carbocycles. The third kappa shape index (κ3) is 5.51. The fourth-order valence-electron chi connectivity index (χ4n) is 3.64. The highest BCUT2D eigenvalue weighted by Crippen LogP contribution is 2.23. The number of aryl methyl sites for hydroxylation is 1. The Kier molecular flexibility index (Phi) is 7.32. The van der Waals surface area contributed by atoms with E-state index in [1.54, 1.807) is 15.7 Å². The zero-order valence-corrected chi connectivity index (χ0v) is 18.5. The summed E-state index contributed by atoms with van der Waals surface area (Å²) in [5.74, 6) is 0.0545. The van der Waals surface area contributed by atoms with Gasteiger partial charge in [0, 0.05) is 37.0 Å². The van der Waals surface area contributed by atoms with Crippen molar-refractivity contribution in [2.45, 2.75) is 40.2 Å². The summed E-state index contributed by atoms with van der Waals surface area (Å²) in [6, 6.07) is 9.39. The first-order valence-corrected chi connectivity index (χ1v) is 10.8. The standard InChI is InChI=1S/C23H29ClN4O2/c1-16(2)14-28-22(24)20(17(3)26-28)11-12-21(29)27-13-7-8-18(15-27)23(30)25-19-9-5-4-6-10-19/h4-6,9-12,16,18H,7-8,13-15H2,1-3H3,(H,25,30)/b12-11+. The second kappa shape index (κ2) is 9.94. The molecule has 7 heteroatoms. The van der Waals surface area contributed by atoms with E-state index >= 15 is 0 Å². The summed E-state index contributed by atoms with van der Waals surface area (Å²) in [7, 11) is 0. The van der Waals surface area contributed by atoms with Crippen molar-refractivity contribution in [3.8, 4) is 0 Å². The third-order valence-corrected chi connectivity index (χ3v) is 5.58. The lowest BCUT2D eigenvalue weighted by atomic mass is 9.97. The molecule has 0 radical (unpaired) electrons. The molecule has 1 unspecified atom stereocenters. The van der Waals surface area contributed by atoms with Gasteiger partial charge in [0.15, 0.2) is 0 Å². The van der Waals surface area contributed by atoms with Crippen LogP contribution in [0.1, 0.15) is 37.9 Å². The fraction of sp³-hybridized carbons (Fsp3) is 0.435. The predicted octanol–water partition coefficient (Wildman–Crippen LogP) is 4.39. The van der Waals surface area contributed by atoms with Crippen LogP contribution in [-0.4, -0.2) is 39.6 Å². The van der Waals surface area contributed by atoms with Crippen LogP contribution in [0.4, 0.5) is 5.69 Å². The summed E-state index contributed by atoms with van der Waals surface area (Å²) in [5.41, 5.74) is 2.33. The highest BCUT2D eigenvalue weighted by molar-refractivity contribution is 6.31. The Bertz CT molecular complexity index is 921. The molecular formula is C23H29ClN4O2. The number of nitrogens with zero attached hydrogens (tertiary/aromatic N) is 3. The monoisotopic (exact) mass is 428 g/mol. The number of anilines is 1. The number of aromatic nitrogens is 2. The Morgan fingerprint density at radius 1 is 1.30 bits per heavy atom. The molecule has 1 fully saturated rings. The van der Waals surface area contributed by atoms with E-state index < -0.39 is 0 Å². The minimum absolute atomic E-state index is 0.0449. The number of amides is 2. The van der Waals surface area contributed by atoms with E-state index in [-0.39, 0.29) is 17.7 Å². The number of piperidine rings is 1. The molecule has 30 heavy (non-hydrogen) atoms. The Morgan fingerprint density at radius 2 is 2.03 bits per heavy atom. The molecule has 0 aliphatic carbocycles. The lowest BCUT2D eigenvalue weighted by Gasteiger charge is -2.31. The van der Waals surface area contributed by atoms with Crippen LogP contribution in [0, 0.1) is 18.8 Å². The normalized spacial score (nSPS) is 17.0. The minimum Gasteiger partial charge on any atom is -0.338 e. The minimum atomic E-state index is -0.213. The number of para-hydroxylation sites is 1. The molecule has 1 atom stereocenters. The molecule has 2 aromatic rings. The van der Waals surface area contributed by atoms with E-state index in [1.807, 2.05) is 37.3 Å². The number of nitrogens with one attached hydrogen (secondary N) is 1. The zero-order chi connectivity index (χ0) is 21.7. The van der Waals surface area contributed by atoms with Gasteiger partial charge in [0.1, 0.15) is 5.15 Å². The predicted molar refractivity (Wildman–Crippen MR) is 120 cm³/mol. The van der Waals surface area contributed by atoms with Crippen molar-refractivity contribution in [1.82, 2.24) is 14.7 Å². The first-order valence-electron chi connectivity index (χ1n) is 10.4. The molecular weight excluding hydrogens is 400 g/mol. The van der Waals surface area contributed by atoms with Gasteiger partial charge in [-0.1, -0.05) is 43.6 Å². The molecule has 1 aliphatic heterocycles. The number of benzene rings is 1. The average Bonchev–Trinajstić information content (AvgIpc) is 2.99. The van der Waals surface area contributed by atoms with E-state index in [4.69, 9.17) is 11.6 Å². The second-order valence-corrected chi connectivity index (χ2v) is 8.54. The topological polar surface area (TPSA) is 67.2 Å². The van der Waals surface area contributed by atoms with Gasteiger partial charge < -0.3 is 10.2 Å². The number of halogens is 1. The molecule has 160 valence electrons. The van der Waals surface area contributed by atoms with Crippen LogP contribution in [-0.2, 0) is 16.1 Å². The molecule has 1 aliphatic rings. The fourth-order valence-corrected chi connectivity index (χ4v) is 3.95. The van der Waals surface area contributed by atoms with Crippen molar-refractivity contribution < 1.29 is 9.59 Å². The van der Waals surface area contributed by atoms with Crippen LogP contribution >= 0.6 is 11.6 Å². The van der Waals surface area contributed by atoms with Crippen LogP contribution in [0.15, 0.2) is 36.4 Å². The largest absolute Gasteiger partial charge is 0.338 e. The summed E-state index contributed by atoms with van der Waals surface area (Å²) in [4.78, 5) is 27.1. The van der Waals surface area contributed by atoms with Gasteiger partial charge in [-0.25, -0.2) is 0 Å². The molecule has 1 N–H and O–H groups in total. The summed E-state index contributed by atoms with van der Waals surface area (Å²) < 4.78 is 1.77. The van der Waals surface area contributed by atoms with Gasteiger partial charge in [-0.2, -0.15) is 5.10 Å². The highest BCUT2D eigenvalue weighted by Gasteiger charge is 2.27. The van der Waals surface area contributed by atoms with Crippen LogP contribution in [0.25, 0.3) is 6.08 Å². The van der Waals surface area contributed by atoms with E-state index in [1.165, 1.54) is 6.08 Å². The number of likely N-dealkylation sites (tertiary alicyclic amines) is 1. The summed E-state index contributed by atoms with van der Waals surface area (Å²) >= 11 is 6.46. The average molecular weight is 429 g/mol. The number of carbonyl (C=O) groups excluding carboxylic acids is 2. The first-order chi connectivity index (χ1) is 14.3. The number of hydrogen-bond acceptors (Lipinski definition) is 3. The SMILES string of the molecule is Cc1nn(CC(C)C)c(Cl)c1/C=C/C(=O)N1CCCC(C(=O)Nc2ccccc2)C1. The number of rotatable bonds is 6. The molecule has 2 heterocycles. The Labute approximate surface area is 182 Å². The number of carbonyl (C=O) groups is 2. The molecule has 6 nitrogen and oxygen atoms in total. The van der Waals surface area contributed by atoms with E-state index in [2.05, 4.69) is 24.3 Å². The van der Waals surface area contributed by atoms with Crippen LogP contribution in [0.5, 0.6) is 0 Å². The quantitative estimate of drug-likeness (QED) is 0.694. The number of hydrogen-bond donors (Lipinski definition) is 1. The van der Waals surface area contributed by atoms with Crippen molar-refractivity contribution in [3.05, 3.63) is 52.8 Å². The molecule has 2 amide bonds. The Balaban J connectivity index is 1.63. The lowest BCUT2D eigenvalue weighted by Crippen LogP contribution is -2.43. The summed E-state index contributed by atoms with van der Waals surface area (Å²) in [6.07, 6.45) is 4.85. The summed E-state index contributed by atoms with van der Waals surface area (Å²) in [5, 5.41) is 7.96. The third-order valence-electron chi connectivity index (χ3n) is 5.19. The van der Waals surface area contributed by atoms with Crippen molar-refractivity contribution >= 4 is 35.2 Å². The molecule has 3 rings (SSSR count). The van der Waals surface area contributed by atoms with E-state index in [0.29, 0.717) is 24.2 Å². The van der Waals surface area contributed by atoms with E-state index in [9.17, 15) is 9.59 Å². The van der Waals surface area contributed by atoms with Crippen LogP contribution in [0.3, 0.4) is 0 Å². The summed E-state index contributed by atoms with van der Waals surface area (Å²) in [6.45, 7) is 7.89. The van der Waals surface area contributed by atoms with Crippen molar-refractivity contribution in [2.24, 2.45) is 11.8 Å². The van der Waals surface area contributed by atoms with Crippen LogP contribution < -0.4 is 5.32 Å². The highest BCUT2D eigenvalue weighted by atomic mass is 35.5. The van der Waals surface area contributed by atoms with Gasteiger partial charge >= 0.3 is 0 Å². The lowest BCUT2D eigenvalue weighted by molar-refractivity contribution is -0.130. The van der Waals surface area contributed by atoms with Gasteiger partial charge in [0.25, 0.3) is 0 Å². The molecule has 1 saturated heterocycles. The Morgan fingerprint density at radius 3 is 2.73 bits per heavy atom. The van der Waals surface area contributed by atoms with E-state index in [0.717, 1.165) is 36.3 Å². The van der Waals surface area contributed by atoms with Crippen LogP contribution in [0.2, 0.25) is 5.15 Å². The maximum Gasteiger partial charge on any atom is 0.246 e. The second-order valence-electron chi connectivity index (χ2n) is 8.18.